The summed E-state index contributed by atoms with van der Waals surface area (Å²) in [5.74, 6) is -0.103. The average Bonchev–Trinajstić information content (AvgIpc) is 3.12. The minimum Gasteiger partial charge on any atom is -0.361 e. The zero-order chi connectivity index (χ0) is 15.1. The monoisotopic (exact) mass is 289 g/mol. The van der Waals surface area contributed by atoms with Gasteiger partial charge < -0.3 is 14.9 Å². The van der Waals surface area contributed by atoms with Gasteiger partial charge in [0.15, 0.2) is 0 Å². The van der Waals surface area contributed by atoms with Crippen molar-refractivity contribution in [3.8, 4) is 0 Å². The summed E-state index contributed by atoms with van der Waals surface area (Å²) in [6.07, 6.45) is 1.89. The van der Waals surface area contributed by atoms with E-state index in [1.54, 1.807) is 0 Å². The zero-order valence-corrected chi connectivity index (χ0v) is 12.1. The van der Waals surface area contributed by atoms with E-state index in [0.717, 1.165) is 27.5 Å². The van der Waals surface area contributed by atoms with Crippen LogP contribution < -0.4 is 5.32 Å². The SMILES string of the molecule is Cn1c(C(=O)Nc2ccc3[nH]ccc3c2)cc2ccccc21. The van der Waals surface area contributed by atoms with Crippen molar-refractivity contribution in [1.29, 1.82) is 0 Å². The smallest absolute Gasteiger partial charge is 0.272 e. The van der Waals surface area contributed by atoms with Gasteiger partial charge in [0, 0.05) is 40.7 Å². The molecule has 0 radical (unpaired) electrons. The first-order chi connectivity index (χ1) is 10.7. The number of amides is 1. The van der Waals surface area contributed by atoms with Crippen LogP contribution in [0.3, 0.4) is 0 Å². The molecule has 108 valence electrons. The normalized spacial score (nSPS) is 11.1. The Balaban J connectivity index is 1.69. The van der Waals surface area contributed by atoms with Crippen LogP contribution in [0.5, 0.6) is 0 Å². The van der Waals surface area contributed by atoms with Gasteiger partial charge in [-0.25, -0.2) is 0 Å². The van der Waals surface area contributed by atoms with Crippen LogP contribution in [0.25, 0.3) is 21.8 Å². The van der Waals surface area contributed by atoms with Gasteiger partial charge in [-0.2, -0.15) is 0 Å². The molecule has 0 saturated heterocycles. The van der Waals surface area contributed by atoms with Gasteiger partial charge in [0.05, 0.1) is 0 Å². The number of aromatic nitrogens is 2. The topological polar surface area (TPSA) is 49.8 Å². The summed E-state index contributed by atoms with van der Waals surface area (Å²) in [7, 11) is 1.91. The van der Waals surface area contributed by atoms with E-state index in [1.807, 2.05) is 72.4 Å². The molecule has 0 unspecified atom stereocenters. The molecular formula is C18H15N3O. The van der Waals surface area contributed by atoms with Gasteiger partial charge in [-0.15, -0.1) is 0 Å². The molecule has 4 aromatic rings. The van der Waals surface area contributed by atoms with E-state index >= 15 is 0 Å². The molecule has 22 heavy (non-hydrogen) atoms. The molecular weight excluding hydrogens is 274 g/mol. The summed E-state index contributed by atoms with van der Waals surface area (Å²) in [5, 5.41) is 5.11. The van der Waals surface area contributed by atoms with Crippen molar-refractivity contribution < 1.29 is 4.79 Å². The lowest BCUT2D eigenvalue weighted by atomic mass is 10.2. The Morgan fingerprint density at radius 2 is 1.91 bits per heavy atom. The standard InChI is InChI=1S/C18H15N3O/c1-21-16-5-3-2-4-13(16)11-17(21)18(22)20-14-6-7-15-12(10-14)8-9-19-15/h2-11,19H,1H3,(H,20,22). The molecule has 0 bridgehead atoms. The summed E-state index contributed by atoms with van der Waals surface area (Å²) >= 11 is 0. The predicted octanol–water partition coefficient (Wildman–Crippen LogP) is 3.91. The number of aryl methyl sites for hydroxylation is 1. The largest absolute Gasteiger partial charge is 0.361 e. The maximum absolute atomic E-state index is 12.5. The van der Waals surface area contributed by atoms with Crippen molar-refractivity contribution in [2.45, 2.75) is 0 Å². The van der Waals surface area contributed by atoms with Crippen molar-refractivity contribution in [1.82, 2.24) is 9.55 Å². The van der Waals surface area contributed by atoms with Crippen LogP contribution in [0.1, 0.15) is 10.5 Å². The summed E-state index contributed by atoms with van der Waals surface area (Å²) in [6.45, 7) is 0. The molecule has 0 aliphatic rings. The Hall–Kier alpha value is -3.01. The van der Waals surface area contributed by atoms with Crippen LogP contribution in [-0.4, -0.2) is 15.5 Å². The lowest BCUT2D eigenvalue weighted by Crippen LogP contribution is -2.15. The number of benzene rings is 2. The quantitative estimate of drug-likeness (QED) is 0.577. The second-order valence-electron chi connectivity index (χ2n) is 5.38. The van der Waals surface area contributed by atoms with E-state index in [1.165, 1.54) is 0 Å². The van der Waals surface area contributed by atoms with Crippen LogP contribution in [0.15, 0.2) is 60.8 Å². The first-order valence-electron chi connectivity index (χ1n) is 7.15. The number of nitrogens with zero attached hydrogens (tertiary/aromatic N) is 1. The second-order valence-corrected chi connectivity index (χ2v) is 5.38. The Morgan fingerprint density at radius 3 is 2.77 bits per heavy atom. The summed E-state index contributed by atoms with van der Waals surface area (Å²) in [6, 6.07) is 17.7. The van der Waals surface area contributed by atoms with Crippen LogP contribution in [-0.2, 0) is 7.05 Å². The summed E-state index contributed by atoms with van der Waals surface area (Å²) < 4.78 is 1.92. The summed E-state index contributed by atoms with van der Waals surface area (Å²) in [4.78, 5) is 15.7. The maximum atomic E-state index is 12.5. The highest BCUT2D eigenvalue weighted by Gasteiger charge is 2.13. The number of rotatable bonds is 2. The number of hydrogen-bond acceptors (Lipinski definition) is 1. The van der Waals surface area contributed by atoms with E-state index in [4.69, 9.17) is 0 Å². The lowest BCUT2D eigenvalue weighted by molar-refractivity contribution is 0.102. The van der Waals surface area contributed by atoms with Gasteiger partial charge in [-0.1, -0.05) is 18.2 Å². The highest BCUT2D eigenvalue weighted by Crippen LogP contribution is 2.21. The van der Waals surface area contributed by atoms with Crippen molar-refractivity contribution in [3.63, 3.8) is 0 Å². The summed E-state index contributed by atoms with van der Waals surface area (Å²) in [5.41, 5.74) is 3.55. The Kier molecular flexibility index (Phi) is 2.76. The van der Waals surface area contributed by atoms with Crippen LogP contribution in [0.4, 0.5) is 5.69 Å². The molecule has 4 heteroatoms. The zero-order valence-electron chi connectivity index (χ0n) is 12.1. The van der Waals surface area contributed by atoms with E-state index in [0.29, 0.717) is 5.69 Å². The van der Waals surface area contributed by atoms with E-state index in [-0.39, 0.29) is 5.91 Å². The van der Waals surface area contributed by atoms with Crippen molar-refractivity contribution >= 4 is 33.4 Å². The number of H-pyrrole nitrogens is 1. The fourth-order valence-electron chi connectivity index (χ4n) is 2.83. The average molecular weight is 289 g/mol. The number of anilines is 1. The highest BCUT2D eigenvalue weighted by molar-refractivity contribution is 6.07. The minimum absolute atomic E-state index is 0.103. The number of fused-ring (bicyclic) bond motifs is 2. The van der Waals surface area contributed by atoms with Gasteiger partial charge in [-0.05, 0) is 36.4 Å². The predicted molar refractivity (Wildman–Crippen MR) is 89.2 cm³/mol. The molecule has 2 heterocycles. The Bertz CT molecular complexity index is 994. The van der Waals surface area contributed by atoms with Crippen molar-refractivity contribution in [2.75, 3.05) is 5.32 Å². The number of aromatic amines is 1. The lowest BCUT2D eigenvalue weighted by Gasteiger charge is -2.07. The van der Waals surface area contributed by atoms with Crippen LogP contribution >= 0.6 is 0 Å². The molecule has 0 aliphatic carbocycles. The molecule has 4 rings (SSSR count). The first-order valence-corrected chi connectivity index (χ1v) is 7.15. The van der Waals surface area contributed by atoms with Gasteiger partial charge in [0.25, 0.3) is 5.91 Å². The third-order valence-electron chi connectivity index (χ3n) is 4.00. The number of hydrogen-bond donors (Lipinski definition) is 2. The molecule has 0 atom stereocenters. The Morgan fingerprint density at radius 1 is 1.05 bits per heavy atom. The Labute approximate surface area is 127 Å². The van der Waals surface area contributed by atoms with Crippen LogP contribution in [0.2, 0.25) is 0 Å². The third-order valence-corrected chi connectivity index (χ3v) is 4.00. The van der Waals surface area contributed by atoms with Gasteiger partial charge in [0.2, 0.25) is 0 Å². The minimum atomic E-state index is -0.103. The fourth-order valence-corrected chi connectivity index (χ4v) is 2.83. The van der Waals surface area contributed by atoms with E-state index in [2.05, 4.69) is 10.3 Å². The number of nitrogens with one attached hydrogen (secondary N) is 2. The highest BCUT2D eigenvalue weighted by atomic mass is 16.1. The number of carbonyl (C=O) groups excluding carboxylic acids is 1. The molecule has 2 aromatic carbocycles. The molecule has 0 spiro atoms. The molecule has 0 saturated carbocycles. The molecule has 2 N–H and O–H groups in total. The fraction of sp³-hybridized carbons (Fsp3) is 0.0556. The van der Waals surface area contributed by atoms with E-state index in [9.17, 15) is 4.79 Å². The molecule has 0 fully saturated rings. The van der Waals surface area contributed by atoms with Gasteiger partial charge in [0.1, 0.15) is 5.69 Å². The van der Waals surface area contributed by atoms with Crippen molar-refractivity contribution in [2.24, 2.45) is 7.05 Å². The van der Waals surface area contributed by atoms with Gasteiger partial charge >= 0.3 is 0 Å². The second kappa shape index (κ2) is 4.77. The molecule has 4 nitrogen and oxygen atoms in total. The number of para-hydroxylation sites is 1. The van der Waals surface area contributed by atoms with Crippen molar-refractivity contribution in [3.05, 3.63) is 66.5 Å². The third kappa shape index (κ3) is 1.97. The van der Waals surface area contributed by atoms with Crippen LogP contribution in [0, 0.1) is 0 Å². The molecule has 1 amide bonds. The molecule has 2 aromatic heterocycles. The molecule has 0 aliphatic heterocycles. The van der Waals surface area contributed by atoms with Gasteiger partial charge in [-0.3, -0.25) is 4.79 Å². The number of carbonyl (C=O) groups is 1. The maximum Gasteiger partial charge on any atom is 0.272 e. The first kappa shape index (κ1) is 12.7. The van der Waals surface area contributed by atoms with E-state index < -0.39 is 0 Å².